The van der Waals surface area contributed by atoms with Crippen molar-refractivity contribution in [2.45, 2.75) is 13.8 Å². The van der Waals surface area contributed by atoms with Crippen LogP contribution in [0.25, 0.3) is 17.4 Å². The van der Waals surface area contributed by atoms with E-state index in [2.05, 4.69) is 20.4 Å². The van der Waals surface area contributed by atoms with Crippen LogP contribution in [0, 0.1) is 13.8 Å². The number of anilines is 1. The second-order valence-electron chi connectivity index (χ2n) is 6.34. The minimum absolute atomic E-state index is 0.172. The van der Waals surface area contributed by atoms with E-state index in [1.807, 2.05) is 0 Å². The number of nitrogens with zero attached hydrogens (tertiary/aromatic N) is 3. The Kier molecular flexibility index (Phi) is 4.77. The summed E-state index contributed by atoms with van der Waals surface area (Å²) in [6, 6.07) is 11.8. The van der Waals surface area contributed by atoms with Crippen molar-refractivity contribution in [2.75, 3.05) is 5.32 Å². The van der Waals surface area contributed by atoms with Gasteiger partial charge in [0.2, 0.25) is 5.95 Å². The number of carbonyl (C=O) groups excluding carboxylic acids is 1. The molecule has 1 aromatic carbocycles. The Labute approximate surface area is 170 Å². The van der Waals surface area contributed by atoms with E-state index in [-0.39, 0.29) is 11.5 Å². The average Bonchev–Trinajstić information content (AvgIpc) is 3.36. The lowest BCUT2D eigenvalue weighted by Crippen LogP contribution is -2.21. The molecule has 0 saturated carbocycles. The van der Waals surface area contributed by atoms with Crippen molar-refractivity contribution in [3.63, 3.8) is 0 Å². The van der Waals surface area contributed by atoms with Crippen LogP contribution in [0.4, 0.5) is 5.82 Å². The number of carbonyl (C=O) groups is 1. The lowest BCUT2D eigenvalue weighted by Gasteiger charge is -2.10. The molecule has 3 aromatic heterocycles. The van der Waals surface area contributed by atoms with Gasteiger partial charge in [0.1, 0.15) is 11.5 Å². The highest BCUT2D eigenvalue weighted by Gasteiger charge is 2.19. The minimum Gasteiger partial charge on any atom is -0.463 e. The van der Waals surface area contributed by atoms with E-state index in [4.69, 9.17) is 16.0 Å². The number of halogens is 1. The maximum Gasteiger partial charge on any atom is 0.258 e. The van der Waals surface area contributed by atoms with E-state index < -0.39 is 5.91 Å². The Morgan fingerprint density at radius 3 is 2.69 bits per heavy atom. The normalized spacial score (nSPS) is 10.9. The molecule has 8 nitrogen and oxygen atoms in total. The van der Waals surface area contributed by atoms with E-state index in [0.717, 1.165) is 0 Å². The SMILES string of the molecule is Cc1nc(-n2nc(-c3ccco3)cc2NC(=O)c2ccccc2Cl)[nH]c(=O)c1C. The predicted octanol–water partition coefficient (Wildman–Crippen LogP) is 3.74. The third-order valence-corrected chi connectivity index (χ3v) is 4.76. The largest absolute Gasteiger partial charge is 0.463 e. The smallest absolute Gasteiger partial charge is 0.258 e. The zero-order valence-electron chi connectivity index (χ0n) is 15.6. The van der Waals surface area contributed by atoms with Gasteiger partial charge in [0, 0.05) is 17.3 Å². The van der Waals surface area contributed by atoms with Crippen LogP contribution in [0.3, 0.4) is 0 Å². The number of furan rings is 1. The van der Waals surface area contributed by atoms with E-state index >= 15 is 0 Å². The minimum atomic E-state index is -0.422. The fraction of sp³-hybridized carbons (Fsp3) is 0.100. The van der Waals surface area contributed by atoms with E-state index in [0.29, 0.717) is 39.1 Å². The molecule has 9 heteroatoms. The zero-order valence-corrected chi connectivity index (χ0v) is 16.3. The quantitative estimate of drug-likeness (QED) is 0.534. The van der Waals surface area contributed by atoms with Gasteiger partial charge < -0.3 is 9.73 Å². The first-order chi connectivity index (χ1) is 13.9. The third kappa shape index (κ3) is 3.57. The van der Waals surface area contributed by atoms with Crippen molar-refractivity contribution < 1.29 is 9.21 Å². The van der Waals surface area contributed by atoms with Crippen LogP contribution in [0.2, 0.25) is 5.02 Å². The maximum atomic E-state index is 12.7. The molecule has 0 aliphatic rings. The summed E-state index contributed by atoms with van der Waals surface area (Å²) in [4.78, 5) is 32.0. The summed E-state index contributed by atoms with van der Waals surface area (Å²) < 4.78 is 6.74. The maximum absolute atomic E-state index is 12.7. The lowest BCUT2D eigenvalue weighted by atomic mass is 10.2. The number of H-pyrrole nitrogens is 1. The van der Waals surface area contributed by atoms with Crippen molar-refractivity contribution in [1.82, 2.24) is 19.7 Å². The number of aromatic nitrogens is 4. The van der Waals surface area contributed by atoms with Gasteiger partial charge in [-0.1, -0.05) is 23.7 Å². The van der Waals surface area contributed by atoms with Crippen LogP contribution in [-0.4, -0.2) is 25.7 Å². The van der Waals surface area contributed by atoms with Gasteiger partial charge in [0.15, 0.2) is 5.76 Å². The Morgan fingerprint density at radius 2 is 2.00 bits per heavy atom. The zero-order chi connectivity index (χ0) is 20.5. The second-order valence-corrected chi connectivity index (χ2v) is 6.75. The van der Waals surface area contributed by atoms with E-state index in [9.17, 15) is 9.59 Å². The molecule has 0 atom stereocenters. The second kappa shape index (κ2) is 7.40. The number of amides is 1. The van der Waals surface area contributed by atoms with Gasteiger partial charge in [0.25, 0.3) is 11.5 Å². The molecular formula is C20H16ClN5O3. The Bertz CT molecular complexity index is 1260. The Balaban J connectivity index is 1.81. The van der Waals surface area contributed by atoms with Crippen LogP contribution in [0.1, 0.15) is 21.6 Å². The fourth-order valence-corrected chi connectivity index (χ4v) is 2.96. The molecule has 0 aliphatic carbocycles. The van der Waals surface area contributed by atoms with Crippen molar-refractivity contribution in [2.24, 2.45) is 0 Å². The Hall–Kier alpha value is -3.65. The molecule has 3 heterocycles. The number of rotatable bonds is 4. The van der Waals surface area contributed by atoms with Gasteiger partial charge >= 0.3 is 0 Å². The van der Waals surface area contributed by atoms with Crippen LogP contribution in [-0.2, 0) is 0 Å². The van der Waals surface area contributed by atoms with Crippen molar-refractivity contribution >= 4 is 23.3 Å². The molecule has 0 radical (unpaired) electrons. The summed E-state index contributed by atoms with van der Waals surface area (Å²) >= 11 is 6.13. The number of nitrogens with one attached hydrogen (secondary N) is 2. The van der Waals surface area contributed by atoms with Crippen molar-refractivity contribution in [3.05, 3.63) is 80.9 Å². The van der Waals surface area contributed by atoms with Gasteiger partial charge in [-0.3, -0.25) is 14.6 Å². The van der Waals surface area contributed by atoms with Gasteiger partial charge in [-0.2, -0.15) is 9.78 Å². The van der Waals surface area contributed by atoms with Gasteiger partial charge in [-0.25, -0.2) is 4.98 Å². The first kappa shape index (κ1) is 18.7. The van der Waals surface area contributed by atoms with Crippen LogP contribution >= 0.6 is 11.6 Å². The summed E-state index contributed by atoms with van der Waals surface area (Å²) in [6.07, 6.45) is 1.52. The lowest BCUT2D eigenvalue weighted by molar-refractivity contribution is 0.102. The highest BCUT2D eigenvalue weighted by atomic mass is 35.5. The fourth-order valence-electron chi connectivity index (χ4n) is 2.74. The topological polar surface area (TPSA) is 106 Å². The van der Waals surface area contributed by atoms with Crippen LogP contribution < -0.4 is 10.9 Å². The monoisotopic (exact) mass is 409 g/mol. The standard InChI is InChI=1S/C20H16ClN5O3/c1-11-12(2)22-20(24-18(11)27)26-17(10-15(25-26)16-8-5-9-29-16)23-19(28)13-6-3-4-7-14(13)21/h3-10H,1-2H3,(H,23,28)(H,22,24,27). The molecule has 0 bridgehead atoms. The molecule has 0 unspecified atom stereocenters. The highest BCUT2D eigenvalue weighted by molar-refractivity contribution is 6.34. The Morgan fingerprint density at radius 1 is 1.21 bits per heavy atom. The summed E-state index contributed by atoms with van der Waals surface area (Å²) in [5, 5.41) is 7.54. The highest BCUT2D eigenvalue weighted by Crippen LogP contribution is 2.25. The first-order valence-electron chi connectivity index (χ1n) is 8.72. The van der Waals surface area contributed by atoms with Crippen LogP contribution in [0.15, 0.2) is 57.9 Å². The molecule has 0 spiro atoms. The number of hydrogen-bond donors (Lipinski definition) is 2. The summed E-state index contributed by atoms with van der Waals surface area (Å²) in [5.41, 5.74) is 1.55. The van der Waals surface area contributed by atoms with Crippen molar-refractivity contribution in [1.29, 1.82) is 0 Å². The van der Waals surface area contributed by atoms with E-state index in [1.165, 1.54) is 10.9 Å². The molecule has 4 aromatic rings. The summed E-state index contributed by atoms with van der Waals surface area (Å²) in [5.74, 6) is 0.551. The summed E-state index contributed by atoms with van der Waals surface area (Å²) in [6.45, 7) is 3.41. The van der Waals surface area contributed by atoms with E-state index in [1.54, 1.807) is 56.3 Å². The molecule has 146 valence electrons. The molecule has 29 heavy (non-hydrogen) atoms. The molecule has 0 fully saturated rings. The van der Waals surface area contributed by atoms with Crippen molar-refractivity contribution in [3.8, 4) is 17.4 Å². The molecule has 2 N–H and O–H groups in total. The number of aryl methyl sites for hydroxylation is 1. The number of aromatic amines is 1. The molecular weight excluding hydrogens is 394 g/mol. The molecule has 0 aliphatic heterocycles. The van der Waals surface area contributed by atoms with Gasteiger partial charge in [-0.05, 0) is 38.1 Å². The van der Waals surface area contributed by atoms with Crippen LogP contribution in [0.5, 0.6) is 0 Å². The molecule has 1 amide bonds. The number of hydrogen-bond acceptors (Lipinski definition) is 5. The van der Waals surface area contributed by atoms with Gasteiger partial charge in [-0.15, -0.1) is 0 Å². The first-order valence-corrected chi connectivity index (χ1v) is 9.09. The number of benzene rings is 1. The van der Waals surface area contributed by atoms with Gasteiger partial charge in [0.05, 0.1) is 16.8 Å². The average molecular weight is 410 g/mol. The third-order valence-electron chi connectivity index (χ3n) is 4.43. The summed E-state index contributed by atoms with van der Waals surface area (Å²) in [7, 11) is 0. The molecule has 0 saturated heterocycles. The predicted molar refractivity (Wildman–Crippen MR) is 109 cm³/mol. The molecule has 4 rings (SSSR count).